The number of amides is 1. The molecule has 0 unspecified atom stereocenters. The monoisotopic (exact) mass is 373 g/mol. The highest BCUT2D eigenvalue weighted by molar-refractivity contribution is 5.76. The van der Waals surface area contributed by atoms with Crippen molar-refractivity contribution in [2.24, 2.45) is 0 Å². The molecular formula is C22H35N3O2. The average molecular weight is 374 g/mol. The Morgan fingerprint density at radius 2 is 1.96 bits per heavy atom. The van der Waals surface area contributed by atoms with Crippen molar-refractivity contribution in [3.63, 3.8) is 0 Å². The number of carbonyl (C=O) groups excluding carboxylic acids is 1. The first kappa shape index (κ1) is 20.3. The zero-order chi connectivity index (χ0) is 19.4. The maximum absolute atomic E-state index is 12.5. The third-order valence-electron chi connectivity index (χ3n) is 6.55. The van der Waals surface area contributed by atoms with Gasteiger partial charge in [0.2, 0.25) is 5.91 Å². The normalized spacial score (nSPS) is 25.2. The van der Waals surface area contributed by atoms with Gasteiger partial charge in [-0.25, -0.2) is 0 Å². The van der Waals surface area contributed by atoms with Crippen molar-refractivity contribution in [1.29, 1.82) is 0 Å². The van der Waals surface area contributed by atoms with Crippen LogP contribution in [-0.2, 0) is 16.1 Å². The van der Waals surface area contributed by atoms with Crippen molar-refractivity contribution in [1.82, 2.24) is 14.7 Å². The number of ether oxygens (including phenoxy) is 1. The Morgan fingerprint density at radius 1 is 1.15 bits per heavy atom. The van der Waals surface area contributed by atoms with Crippen LogP contribution < -0.4 is 0 Å². The van der Waals surface area contributed by atoms with E-state index >= 15 is 0 Å². The van der Waals surface area contributed by atoms with Crippen LogP contribution in [0.1, 0.15) is 36.0 Å². The van der Waals surface area contributed by atoms with E-state index in [4.69, 9.17) is 4.74 Å². The molecule has 27 heavy (non-hydrogen) atoms. The molecule has 0 aromatic heterocycles. The quantitative estimate of drug-likeness (QED) is 0.794. The summed E-state index contributed by atoms with van der Waals surface area (Å²) in [6.07, 6.45) is 2.64. The standard InChI is InChI=1S/C22H35N3O2/c1-18-5-6-19(2)20(15-18)16-24-12-11-23(3)22(17-24)8-7-21(26)25(10-9-22)13-14-27-4/h5-6,15H,7-14,16-17H2,1-4H3/t22-/m1/s1. The van der Waals surface area contributed by atoms with Crippen molar-refractivity contribution in [3.05, 3.63) is 34.9 Å². The maximum Gasteiger partial charge on any atom is 0.222 e. The van der Waals surface area contributed by atoms with Crippen LogP contribution in [0, 0.1) is 13.8 Å². The van der Waals surface area contributed by atoms with Crippen LogP contribution in [0.25, 0.3) is 0 Å². The van der Waals surface area contributed by atoms with Gasteiger partial charge in [-0.2, -0.15) is 0 Å². The number of hydrogen-bond acceptors (Lipinski definition) is 4. The van der Waals surface area contributed by atoms with E-state index < -0.39 is 0 Å². The Kier molecular flexibility index (Phi) is 6.56. The molecule has 150 valence electrons. The summed E-state index contributed by atoms with van der Waals surface area (Å²) in [6, 6.07) is 6.74. The fourth-order valence-corrected chi connectivity index (χ4v) is 4.56. The van der Waals surface area contributed by atoms with Gasteiger partial charge in [-0.1, -0.05) is 23.8 Å². The zero-order valence-electron chi connectivity index (χ0n) is 17.5. The van der Waals surface area contributed by atoms with Gasteiger partial charge in [0.05, 0.1) is 6.61 Å². The molecule has 1 atom stereocenters. The van der Waals surface area contributed by atoms with E-state index in [2.05, 4.69) is 48.9 Å². The highest BCUT2D eigenvalue weighted by atomic mass is 16.5. The lowest BCUT2D eigenvalue weighted by Crippen LogP contribution is -2.60. The first-order valence-electron chi connectivity index (χ1n) is 10.2. The Balaban J connectivity index is 1.71. The minimum Gasteiger partial charge on any atom is -0.383 e. The minimum absolute atomic E-state index is 0.105. The first-order chi connectivity index (χ1) is 12.9. The van der Waals surface area contributed by atoms with Crippen LogP contribution in [0.2, 0.25) is 0 Å². The molecule has 2 saturated heterocycles. The predicted octanol–water partition coefficient (Wildman–Crippen LogP) is 2.45. The number of rotatable bonds is 5. The number of carbonyl (C=O) groups is 1. The molecule has 0 aliphatic carbocycles. The van der Waals surface area contributed by atoms with Crippen molar-refractivity contribution in [2.45, 2.75) is 45.2 Å². The van der Waals surface area contributed by atoms with Crippen molar-refractivity contribution in [2.75, 3.05) is 53.5 Å². The smallest absolute Gasteiger partial charge is 0.222 e. The van der Waals surface area contributed by atoms with E-state index in [1.807, 2.05) is 4.90 Å². The second kappa shape index (κ2) is 8.72. The second-order valence-electron chi connectivity index (χ2n) is 8.41. The number of aryl methyl sites for hydroxylation is 2. The summed E-state index contributed by atoms with van der Waals surface area (Å²) in [5.74, 6) is 0.281. The van der Waals surface area contributed by atoms with Gasteiger partial charge in [0.15, 0.2) is 0 Å². The van der Waals surface area contributed by atoms with Gasteiger partial charge in [0, 0.05) is 58.3 Å². The molecule has 2 aliphatic rings. The summed E-state index contributed by atoms with van der Waals surface area (Å²) >= 11 is 0. The van der Waals surface area contributed by atoms with Crippen molar-refractivity contribution >= 4 is 5.91 Å². The number of hydrogen-bond donors (Lipinski definition) is 0. The molecule has 2 aliphatic heterocycles. The molecule has 1 aromatic carbocycles. The van der Waals surface area contributed by atoms with Crippen LogP contribution in [0.15, 0.2) is 18.2 Å². The van der Waals surface area contributed by atoms with Gasteiger partial charge < -0.3 is 9.64 Å². The van der Waals surface area contributed by atoms with Gasteiger partial charge in [0.1, 0.15) is 0 Å². The van der Waals surface area contributed by atoms with Crippen LogP contribution in [0.5, 0.6) is 0 Å². The molecule has 0 bridgehead atoms. The van der Waals surface area contributed by atoms with Gasteiger partial charge >= 0.3 is 0 Å². The van der Waals surface area contributed by atoms with Gasteiger partial charge in [0.25, 0.3) is 0 Å². The van der Waals surface area contributed by atoms with Crippen molar-refractivity contribution in [3.8, 4) is 0 Å². The molecule has 0 radical (unpaired) electrons. The van der Waals surface area contributed by atoms with Crippen LogP contribution in [-0.4, -0.2) is 79.6 Å². The first-order valence-corrected chi connectivity index (χ1v) is 10.2. The molecule has 2 fully saturated rings. The Bertz CT molecular complexity index is 663. The number of piperazine rings is 1. The molecular weight excluding hydrogens is 338 g/mol. The molecule has 1 spiro atoms. The Morgan fingerprint density at radius 3 is 2.74 bits per heavy atom. The van der Waals surface area contributed by atoms with E-state index in [1.165, 1.54) is 16.7 Å². The highest BCUT2D eigenvalue weighted by Crippen LogP contribution is 2.33. The number of likely N-dealkylation sites (N-methyl/N-ethyl adjacent to an activating group) is 1. The highest BCUT2D eigenvalue weighted by Gasteiger charge is 2.42. The molecule has 1 aromatic rings. The lowest BCUT2D eigenvalue weighted by atomic mass is 9.86. The van der Waals surface area contributed by atoms with Crippen molar-refractivity contribution < 1.29 is 9.53 Å². The molecule has 5 nitrogen and oxygen atoms in total. The topological polar surface area (TPSA) is 36.0 Å². The second-order valence-corrected chi connectivity index (χ2v) is 8.41. The zero-order valence-corrected chi connectivity index (χ0v) is 17.5. The summed E-state index contributed by atoms with van der Waals surface area (Å²) in [5, 5.41) is 0. The van der Waals surface area contributed by atoms with Crippen LogP contribution in [0.4, 0.5) is 0 Å². The van der Waals surface area contributed by atoms with E-state index in [9.17, 15) is 4.79 Å². The van der Waals surface area contributed by atoms with Gasteiger partial charge in [-0.05, 0) is 44.9 Å². The summed E-state index contributed by atoms with van der Waals surface area (Å²) in [4.78, 5) is 19.6. The summed E-state index contributed by atoms with van der Waals surface area (Å²) in [6.45, 7) is 10.7. The number of methoxy groups -OCH3 is 1. The number of benzene rings is 1. The Labute approximate surface area is 164 Å². The molecule has 0 saturated carbocycles. The van der Waals surface area contributed by atoms with E-state index in [0.29, 0.717) is 19.6 Å². The van der Waals surface area contributed by atoms with E-state index in [-0.39, 0.29) is 11.4 Å². The molecule has 0 N–H and O–H groups in total. The fraction of sp³-hybridized carbons (Fsp3) is 0.682. The van der Waals surface area contributed by atoms with E-state index in [0.717, 1.165) is 45.6 Å². The molecule has 2 heterocycles. The fourth-order valence-electron chi connectivity index (χ4n) is 4.56. The summed E-state index contributed by atoms with van der Waals surface area (Å²) in [5.41, 5.74) is 4.23. The largest absolute Gasteiger partial charge is 0.383 e. The number of likely N-dealkylation sites (tertiary alicyclic amines) is 1. The predicted molar refractivity (Wildman–Crippen MR) is 109 cm³/mol. The van der Waals surface area contributed by atoms with Crippen LogP contribution in [0.3, 0.4) is 0 Å². The van der Waals surface area contributed by atoms with Gasteiger partial charge in [-0.3, -0.25) is 14.6 Å². The maximum atomic E-state index is 12.5. The lowest BCUT2D eigenvalue weighted by molar-refractivity contribution is -0.131. The number of nitrogens with zero attached hydrogens (tertiary/aromatic N) is 3. The Hall–Kier alpha value is -1.43. The molecule has 5 heteroatoms. The summed E-state index contributed by atoms with van der Waals surface area (Å²) in [7, 11) is 3.94. The van der Waals surface area contributed by atoms with Gasteiger partial charge in [-0.15, -0.1) is 0 Å². The van der Waals surface area contributed by atoms with E-state index in [1.54, 1.807) is 7.11 Å². The molecule has 1 amide bonds. The minimum atomic E-state index is 0.105. The SMILES string of the molecule is COCCN1CC[C@]2(CCC1=O)CN(Cc1cc(C)ccc1C)CCN2C. The third kappa shape index (κ3) is 4.71. The average Bonchev–Trinajstić information content (AvgIpc) is 2.80. The molecule has 3 rings (SSSR count). The third-order valence-corrected chi connectivity index (χ3v) is 6.55. The van der Waals surface area contributed by atoms with Crippen LogP contribution >= 0.6 is 0 Å². The lowest BCUT2D eigenvalue weighted by Gasteiger charge is -2.49. The summed E-state index contributed by atoms with van der Waals surface area (Å²) < 4.78 is 5.18.